The summed E-state index contributed by atoms with van der Waals surface area (Å²) in [6.45, 7) is 5.02. The topological polar surface area (TPSA) is 57.5 Å². The smallest absolute Gasteiger partial charge is 0.238 e. The van der Waals surface area contributed by atoms with Gasteiger partial charge in [0.15, 0.2) is 11.5 Å². The molecular weight excluding hydrogens is 338 g/mol. The van der Waals surface area contributed by atoms with Gasteiger partial charge in [-0.25, -0.2) is 0 Å². The third kappa shape index (κ3) is 1.85. The van der Waals surface area contributed by atoms with Gasteiger partial charge in [-0.15, -0.1) is 0 Å². The first kappa shape index (κ1) is 14.8. The van der Waals surface area contributed by atoms with Crippen molar-refractivity contribution >= 4 is 21.7 Å². The number of methoxy groups -OCH3 is 1. The third-order valence-corrected chi connectivity index (χ3v) is 5.41. The lowest BCUT2D eigenvalue weighted by molar-refractivity contribution is -0.0877. The minimum atomic E-state index is -0.683. The Bertz CT molecular complexity index is 671. The molecule has 0 saturated carbocycles. The molecule has 2 aliphatic rings. The van der Waals surface area contributed by atoms with Crippen LogP contribution in [0.25, 0.3) is 0 Å². The van der Waals surface area contributed by atoms with Crippen LogP contribution in [0.3, 0.4) is 0 Å². The molecule has 1 saturated heterocycles. The van der Waals surface area contributed by atoms with E-state index in [1.54, 1.807) is 10.8 Å². The van der Waals surface area contributed by atoms with Gasteiger partial charge < -0.3 is 14.0 Å². The number of Topliss-reactive ketones (excluding diaryl/α,β-unsaturated/α-hetero) is 1. The number of carbonyl (C=O) groups excluding carboxylic acids is 1. The molecule has 0 N–H and O–H groups in total. The molecule has 0 bridgehead atoms. The molecule has 1 aromatic rings. The number of hydrogen-bond donors (Lipinski definition) is 0. The summed E-state index contributed by atoms with van der Waals surface area (Å²) in [5, 5.41) is 0. The molecule has 0 aromatic carbocycles. The summed E-state index contributed by atoms with van der Waals surface area (Å²) in [5.41, 5.74) is -1.14. The molecular formula is C15H18BrNO4. The zero-order valence-corrected chi connectivity index (χ0v) is 13.9. The predicted molar refractivity (Wildman–Crippen MR) is 81.0 cm³/mol. The van der Waals surface area contributed by atoms with E-state index < -0.39 is 11.0 Å². The number of rotatable bonds is 1. The zero-order valence-electron chi connectivity index (χ0n) is 12.4. The number of hydrogen-bond acceptors (Lipinski definition) is 4. The Morgan fingerprint density at radius 2 is 2.10 bits per heavy atom. The number of pyridine rings is 1. The van der Waals surface area contributed by atoms with Crippen molar-refractivity contribution in [2.45, 2.75) is 38.8 Å². The molecule has 3 heterocycles. The Balaban J connectivity index is 2.27. The first-order chi connectivity index (χ1) is 9.84. The summed E-state index contributed by atoms with van der Waals surface area (Å²) in [6, 6.07) is 0. The Hall–Kier alpha value is -1.14. The average molecular weight is 356 g/mol. The number of nitrogens with zero attached hydrogens (tertiary/aromatic N) is 1. The van der Waals surface area contributed by atoms with Gasteiger partial charge >= 0.3 is 0 Å². The highest BCUT2D eigenvalue weighted by atomic mass is 79.9. The maximum Gasteiger partial charge on any atom is 0.238 e. The minimum absolute atomic E-state index is 0.0999. The van der Waals surface area contributed by atoms with Crippen LogP contribution >= 0.6 is 15.9 Å². The maximum absolute atomic E-state index is 13.0. The lowest BCUT2D eigenvalue weighted by atomic mass is 9.67. The van der Waals surface area contributed by atoms with Crippen LogP contribution in [0.1, 0.15) is 37.2 Å². The average Bonchev–Trinajstić information content (AvgIpc) is 2.90. The van der Waals surface area contributed by atoms with Crippen LogP contribution in [-0.2, 0) is 11.3 Å². The molecule has 1 unspecified atom stereocenters. The molecule has 0 aliphatic carbocycles. The van der Waals surface area contributed by atoms with Crippen LogP contribution in [0.5, 0.6) is 5.75 Å². The van der Waals surface area contributed by atoms with Crippen molar-refractivity contribution in [2.24, 2.45) is 5.41 Å². The summed E-state index contributed by atoms with van der Waals surface area (Å²) >= 11 is 3.25. The molecule has 6 heteroatoms. The van der Waals surface area contributed by atoms with E-state index in [0.717, 1.165) is 12.8 Å². The molecule has 1 fully saturated rings. The van der Waals surface area contributed by atoms with Crippen molar-refractivity contribution in [3.05, 3.63) is 26.6 Å². The molecule has 21 heavy (non-hydrogen) atoms. The van der Waals surface area contributed by atoms with E-state index in [-0.39, 0.29) is 17.0 Å². The van der Waals surface area contributed by atoms with Crippen LogP contribution in [0.15, 0.2) is 15.5 Å². The van der Waals surface area contributed by atoms with E-state index in [4.69, 9.17) is 9.47 Å². The normalized spacial score (nSPS) is 27.0. The summed E-state index contributed by atoms with van der Waals surface area (Å²) < 4.78 is 13.4. The van der Waals surface area contributed by atoms with E-state index in [2.05, 4.69) is 15.9 Å². The summed E-state index contributed by atoms with van der Waals surface area (Å²) in [6.07, 6.45) is 3.46. The molecule has 5 nitrogen and oxygen atoms in total. The second kappa shape index (κ2) is 4.68. The first-order valence-electron chi connectivity index (χ1n) is 7.00. The molecule has 1 atom stereocenters. The molecule has 2 aliphatic heterocycles. The van der Waals surface area contributed by atoms with Crippen molar-refractivity contribution in [2.75, 3.05) is 13.7 Å². The summed E-state index contributed by atoms with van der Waals surface area (Å²) in [4.78, 5) is 25.2. The summed E-state index contributed by atoms with van der Waals surface area (Å²) in [7, 11) is 1.42. The standard InChI is InChI=1S/C15H18BrNO4/c1-14(2)13(19)10-12(20-3)11(18)9(16)7-17(10)8-15(14)5-4-6-21-15/h7H,4-6,8H2,1-3H3. The predicted octanol–water partition coefficient (Wildman–Crippen LogP) is 2.39. The zero-order chi connectivity index (χ0) is 15.4. The van der Waals surface area contributed by atoms with Gasteiger partial charge in [-0.1, -0.05) is 0 Å². The van der Waals surface area contributed by atoms with E-state index in [0.29, 0.717) is 23.3 Å². The number of ether oxygens (including phenoxy) is 2. The quantitative estimate of drug-likeness (QED) is 0.775. The molecule has 114 valence electrons. The fourth-order valence-corrected chi connectivity index (χ4v) is 3.87. The SMILES string of the molecule is COc1c2n(cc(Br)c1=O)CC1(CCCO1)C(C)(C)C2=O. The van der Waals surface area contributed by atoms with Crippen molar-refractivity contribution in [1.82, 2.24) is 4.57 Å². The Labute approximate surface area is 131 Å². The van der Waals surface area contributed by atoms with Gasteiger partial charge in [-0.2, -0.15) is 0 Å². The van der Waals surface area contributed by atoms with Gasteiger partial charge in [0, 0.05) is 12.8 Å². The fraction of sp³-hybridized carbons (Fsp3) is 0.600. The van der Waals surface area contributed by atoms with Crippen LogP contribution in [0.2, 0.25) is 0 Å². The minimum Gasteiger partial charge on any atom is -0.491 e. The number of halogens is 1. The largest absolute Gasteiger partial charge is 0.491 e. The molecule has 0 amide bonds. The molecule has 0 radical (unpaired) electrons. The molecule has 1 spiro atoms. The van der Waals surface area contributed by atoms with Gasteiger partial charge in [0.2, 0.25) is 5.43 Å². The van der Waals surface area contributed by atoms with Crippen molar-refractivity contribution in [3.8, 4) is 5.75 Å². The van der Waals surface area contributed by atoms with Gasteiger partial charge in [-0.05, 0) is 42.6 Å². The molecule has 3 rings (SSSR count). The van der Waals surface area contributed by atoms with Crippen LogP contribution in [0, 0.1) is 5.41 Å². The molecule has 1 aromatic heterocycles. The van der Waals surface area contributed by atoms with Gasteiger partial charge in [-0.3, -0.25) is 9.59 Å². The van der Waals surface area contributed by atoms with Crippen molar-refractivity contribution < 1.29 is 14.3 Å². The monoisotopic (exact) mass is 355 g/mol. The van der Waals surface area contributed by atoms with Gasteiger partial charge in [0.1, 0.15) is 5.69 Å². The van der Waals surface area contributed by atoms with E-state index in [1.807, 2.05) is 13.8 Å². The first-order valence-corrected chi connectivity index (χ1v) is 7.79. The summed E-state index contributed by atoms with van der Waals surface area (Å²) in [5.74, 6) is 0.00685. The second-order valence-corrected chi connectivity index (χ2v) is 7.07. The number of ketones is 1. The van der Waals surface area contributed by atoms with Crippen molar-refractivity contribution in [3.63, 3.8) is 0 Å². The maximum atomic E-state index is 13.0. The Kier molecular flexibility index (Phi) is 3.29. The van der Waals surface area contributed by atoms with Crippen LogP contribution in [-0.4, -0.2) is 29.7 Å². The van der Waals surface area contributed by atoms with Crippen molar-refractivity contribution in [1.29, 1.82) is 0 Å². The van der Waals surface area contributed by atoms with Gasteiger partial charge in [0.25, 0.3) is 0 Å². The van der Waals surface area contributed by atoms with E-state index in [1.165, 1.54) is 7.11 Å². The van der Waals surface area contributed by atoms with Gasteiger partial charge in [0.05, 0.1) is 29.1 Å². The van der Waals surface area contributed by atoms with Crippen LogP contribution < -0.4 is 10.2 Å². The lowest BCUT2D eigenvalue weighted by Gasteiger charge is -2.46. The van der Waals surface area contributed by atoms with E-state index in [9.17, 15) is 9.59 Å². The Morgan fingerprint density at radius 1 is 1.38 bits per heavy atom. The highest BCUT2D eigenvalue weighted by Gasteiger charge is 2.57. The second-order valence-electron chi connectivity index (χ2n) is 6.22. The highest BCUT2D eigenvalue weighted by Crippen LogP contribution is 2.49. The fourth-order valence-electron chi connectivity index (χ4n) is 3.44. The highest BCUT2D eigenvalue weighted by molar-refractivity contribution is 9.10. The number of aromatic nitrogens is 1. The number of carbonyl (C=O) groups is 1. The van der Waals surface area contributed by atoms with E-state index >= 15 is 0 Å². The number of fused-ring (bicyclic) bond motifs is 1. The third-order valence-electron chi connectivity index (χ3n) is 4.85. The Morgan fingerprint density at radius 3 is 2.67 bits per heavy atom. The lowest BCUT2D eigenvalue weighted by Crippen LogP contribution is -2.56. The van der Waals surface area contributed by atoms with Crippen LogP contribution in [0.4, 0.5) is 0 Å².